The minimum Gasteiger partial charge on any atom is -0.497 e. The van der Waals surface area contributed by atoms with Gasteiger partial charge in [-0.3, -0.25) is 4.79 Å². The number of rotatable bonds is 6. The summed E-state index contributed by atoms with van der Waals surface area (Å²) < 4.78 is 10.5. The van der Waals surface area contributed by atoms with Gasteiger partial charge in [0, 0.05) is 10.8 Å². The number of carbonyl (C=O) groups is 1. The fourth-order valence-corrected chi connectivity index (χ4v) is 4.41. The number of hydrogen-bond donors (Lipinski definition) is 0. The van der Waals surface area contributed by atoms with Crippen molar-refractivity contribution >= 4 is 17.7 Å². The minimum atomic E-state index is -0.311. The van der Waals surface area contributed by atoms with Crippen LogP contribution in [0.2, 0.25) is 0 Å². The molecule has 1 aliphatic heterocycles. The topological polar surface area (TPSA) is 99.9 Å². The Hall–Kier alpha value is -3.77. The SMILES string of the molecule is COc1ccc(/C=C2/CCC[C@@H]3C2=NN(C(=O)CN=[N+]=[N-])[C@H]3c2ccc(OC)cc2)cc1. The summed E-state index contributed by atoms with van der Waals surface area (Å²) >= 11 is 0. The molecule has 164 valence electrons. The van der Waals surface area contributed by atoms with Crippen molar-refractivity contribution in [3.63, 3.8) is 0 Å². The Bertz CT molecular complexity index is 1090. The highest BCUT2D eigenvalue weighted by Crippen LogP contribution is 2.44. The molecule has 0 radical (unpaired) electrons. The largest absolute Gasteiger partial charge is 0.497 e. The normalized spacial score (nSPS) is 20.9. The summed E-state index contributed by atoms with van der Waals surface area (Å²) in [5, 5.41) is 9.74. The van der Waals surface area contributed by atoms with E-state index in [1.54, 1.807) is 14.2 Å². The molecule has 2 atom stereocenters. The van der Waals surface area contributed by atoms with Crippen molar-refractivity contribution in [1.29, 1.82) is 0 Å². The average molecular weight is 431 g/mol. The van der Waals surface area contributed by atoms with Gasteiger partial charge in [-0.25, -0.2) is 5.01 Å². The maximum Gasteiger partial charge on any atom is 0.249 e. The zero-order valence-electron chi connectivity index (χ0n) is 18.1. The lowest BCUT2D eigenvalue weighted by atomic mass is 9.77. The molecule has 0 saturated heterocycles. The molecule has 0 aromatic heterocycles. The van der Waals surface area contributed by atoms with Crippen LogP contribution in [0.25, 0.3) is 16.5 Å². The lowest BCUT2D eigenvalue weighted by molar-refractivity contribution is -0.132. The van der Waals surface area contributed by atoms with Gasteiger partial charge in [-0.2, -0.15) is 5.10 Å². The fraction of sp³-hybridized carbons (Fsp3) is 0.333. The van der Waals surface area contributed by atoms with Crippen LogP contribution in [0.5, 0.6) is 11.5 Å². The molecule has 0 bridgehead atoms. The number of fused-ring (bicyclic) bond motifs is 1. The molecule has 8 heteroatoms. The van der Waals surface area contributed by atoms with Crippen molar-refractivity contribution < 1.29 is 14.3 Å². The van der Waals surface area contributed by atoms with Crippen molar-refractivity contribution in [3.05, 3.63) is 75.7 Å². The Morgan fingerprint density at radius 1 is 1.16 bits per heavy atom. The highest BCUT2D eigenvalue weighted by molar-refractivity contribution is 6.08. The van der Waals surface area contributed by atoms with Crippen LogP contribution in [0, 0.1) is 5.92 Å². The molecular weight excluding hydrogens is 406 g/mol. The number of nitrogens with zero attached hydrogens (tertiary/aromatic N) is 5. The van der Waals surface area contributed by atoms with Crippen molar-refractivity contribution in [2.24, 2.45) is 16.1 Å². The van der Waals surface area contributed by atoms with Crippen LogP contribution in [-0.4, -0.2) is 37.4 Å². The molecule has 0 spiro atoms. The third-order valence-corrected chi connectivity index (χ3v) is 5.94. The molecule has 2 aromatic rings. The summed E-state index contributed by atoms with van der Waals surface area (Å²) in [7, 11) is 3.27. The molecule has 1 amide bonds. The molecule has 0 N–H and O–H groups in total. The molecular formula is C24H25N5O3. The summed E-state index contributed by atoms with van der Waals surface area (Å²) in [6, 6.07) is 15.4. The van der Waals surface area contributed by atoms with E-state index >= 15 is 0 Å². The smallest absolute Gasteiger partial charge is 0.249 e. The van der Waals surface area contributed by atoms with E-state index < -0.39 is 0 Å². The van der Waals surface area contributed by atoms with E-state index in [-0.39, 0.29) is 24.4 Å². The Labute approximate surface area is 186 Å². The van der Waals surface area contributed by atoms with Gasteiger partial charge in [-0.1, -0.05) is 29.4 Å². The van der Waals surface area contributed by atoms with Gasteiger partial charge in [-0.05, 0) is 71.8 Å². The lowest BCUT2D eigenvalue weighted by Crippen LogP contribution is -2.33. The third-order valence-electron chi connectivity index (χ3n) is 5.94. The van der Waals surface area contributed by atoms with Crippen molar-refractivity contribution in [2.45, 2.75) is 25.3 Å². The maximum absolute atomic E-state index is 12.9. The third kappa shape index (κ3) is 4.31. The number of hydrogen-bond acceptors (Lipinski definition) is 5. The Balaban J connectivity index is 1.71. The van der Waals surface area contributed by atoms with E-state index in [9.17, 15) is 4.79 Å². The first kappa shape index (κ1) is 21.5. The van der Waals surface area contributed by atoms with E-state index in [0.29, 0.717) is 0 Å². The molecule has 32 heavy (non-hydrogen) atoms. The molecule has 1 aliphatic carbocycles. The summed E-state index contributed by atoms with van der Waals surface area (Å²) in [4.78, 5) is 15.6. The van der Waals surface area contributed by atoms with Gasteiger partial charge in [0.15, 0.2) is 0 Å². The number of carbonyl (C=O) groups excluding carboxylic acids is 1. The standard InChI is InChI=1S/C24H25N5O3/c1-31-19-10-6-16(7-11-19)14-18-4-3-5-21-23(18)27-29(22(30)15-26-28-25)24(21)17-8-12-20(32-2)13-9-17/h6-14,21,24H,3-5,15H2,1-2H3/b18-14-/t21-,24+/m1/s1. The van der Waals surface area contributed by atoms with Gasteiger partial charge in [0.1, 0.15) is 18.0 Å². The van der Waals surface area contributed by atoms with Gasteiger partial charge < -0.3 is 9.47 Å². The summed E-state index contributed by atoms with van der Waals surface area (Å²) in [6.07, 6.45) is 4.98. The van der Waals surface area contributed by atoms with Crippen LogP contribution in [0.4, 0.5) is 0 Å². The number of azide groups is 1. The molecule has 1 saturated carbocycles. The van der Waals surface area contributed by atoms with Crippen LogP contribution in [0.1, 0.15) is 36.4 Å². The van der Waals surface area contributed by atoms with Gasteiger partial charge in [0.2, 0.25) is 5.91 Å². The van der Waals surface area contributed by atoms with Crippen molar-refractivity contribution in [3.8, 4) is 11.5 Å². The first-order chi connectivity index (χ1) is 15.6. The predicted octanol–water partition coefficient (Wildman–Crippen LogP) is 5.14. The molecule has 2 aliphatic rings. The fourth-order valence-electron chi connectivity index (χ4n) is 4.41. The lowest BCUT2D eigenvalue weighted by Gasteiger charge is -2.29. The second-order valence-corrected chi connectivity index (χ2v) is 7.77. The molecule has 2 aromatic carbocycles. The molecule has 0 unspecified atom stereocenters. The van der Waals surface area contributed by atoms with E-state index in [1.165, 1.54) is 5.01 Å². The van der Waals surface area contributed by atoms with Gasteiger partial charge >= 0.3 is 0 Å². The zero-order chi connectivity index (χ0) is 22.5. The van der Waals surface area contributed by atoms with Crippen LogP contribution in [0.3, 0.4) is 0 Å². The Morgan fingerprint density at radius 3 is 2.44 bits per heavy atom. The van der Waals surface area contributed by atoms with Gasteiger partial charge in [-0.15, -0.1) is 0 Å². The highest BCUT2D eigenvalue weighted by atomic mass is 16.5. The van der Waals surface area contributed by atoms with Crippen molar-refractivity contribution in [1.82, 2.24) is 5.01 Å². The predicted molar refractivity (Wildman–Crippen MR) is 122 cm³/mol. The zero-order valence-corrected chi connectivity index (χ0v) is 18.1. The number of hydrazone groups is 1. The van der Waals surface area contributed by atoms with Crippen LogP contribution >= 0.6 is 0 Å². The average Bonchev–Trinajstić information content (AvgIpc) is 3.24. The van der Waals surface area contributed by atoms with Gasteiger partial charge in [0.05, 0.1) is 26.0 Å². The second kappa shape index (κ2) is 9.58. The monoisotopic (exact) mass is 431 g/mol. The summed E-state index contributed by atoms with van der Waals surface area (Å²) in [6.45, 7) is -0.260. The first-order valence-electron chi connectivity index (χ1n) is 10.5. The number of amides is 1. The number of methoxy groups -OCH3 is 2. The quantitative estimate of drug-likeness (QED) is 0.360. The number of ether oxygens (including phenoxy) is 2. The second-order valence-electron chi connectivity index (χ2n) is 7.77. The Morgan fingerprint density at radius 2 is 1.81 bits per heavy atom. The molecule has 4 rings (SSSR count). The van der Waals surface area contributed by atoms with Crippen LogP contribution in [-0.2, 0) is 4.79 Å². The molecule has 1 heterocycles. The van der Waals surface area contributed by atoms with Gasteiger partial charge in [0.25, 0.3) is 0 Å². The minimum absolute atomic E-state index is 0.0802. The highest BCUT2D eigenvalue weighted by Gasteiger charge is 2.43. The van der Waals surface area contributed by atoms with Crippen molar-refractivity contribution in [2.75, 3.05) is 20.8 Å². The van der Waals surface area contributed by atoms with E-state index in [1.807, 2.05) is 48.5 Å². The number of benzene rings is 2. The van der Waals surface area contributed by atoms with Crippen LogP contribution in [0.15, 0.2) is 64.3 Å². The number of allylic oxidation sites excluding steroid dienone is 1. The molecule has 1 fully saturated rings. The molecule has 8 nitrogen and oxygen atoms in total. The first-order valence-corrected chi connectivity index (χ1v) is 10.5. The van der Waals surface area contributed by atoms with E-state index in [4.69, 9.17) is 20.1 Å². The van der Waals surface area contributed by atoms with Crippen LogP contribution < -0.4 is 9.47 Å². The maximum atomic E-state index is 12.9. The summed E-state index contributed by atoms with van der Waals surface area (Å²) in [5.41, 5.74) is 12.8. The Kier molecular flexibility index (Phi) is 6.42. The van der Waals surface area contributed by atoms with E-state index in [0.717, 1.165) is 53.2 Å². The van der Waals surface area contributed by atoms with E-state index in [2.05, 4.69) is 16.1 Å². The summed E-state index contributed by atoms with van der Waals surface area (Å²) in [5.74, 6) is 1.33.